The quantitative estimate of drug-likeness (QED) is 0.490. The highest BCUT2D eigenvalue weighted by molar-refractivity contribution is 5.77. The molecule has 3 N–H and O–H groups in total. The van der Waals surface area contributed by atoms with Crippen molar-refractivity contribution in [2.24, 2.45) is 10.7 Å². The fraction of sp³-hybridized carbons (Fsp3) is 0.833. The first-order valence-electron chi connectivity index (χ1n) is 3.69. The Bertz CT molecular complexity index is 186. The van der Waals surface area contributed by atoms with Crippen molar-refractivity contribution in [2.75, 3.05) is 13.2 Å². The van der Waals surface area contributed by atoms with Crippen molar-refractivity contribution in [3.8, 4) is 0 Å². The molecule has 2 aliphatic rings. The number of ether oxygens (including phenoxy) is 1. The van der Waals surface area contributed by atoms with E-state index in [4.69, 9.17) is 15.3 Å². The zero-order valence-electron chi connectivity index (χ0n) is 6.17. The maximum absolute atomic E-state index is 5.38. The highest BCUT2D eigenvalue weighted by atomic mass is 16.8. The molecule has 1 fully saturated rings. The summed E-state index contributed by atoms with van der Waals surface area (Å²) >= 11 is 0. The van der Waals surface area contributed by atoms with Gasteiger partial charge in [-0.25, -0.2) is 15.3 Å². The summed E-state index contributed by atoms with van der Waals surface area (Å²) in [5.41, 5.74) is 7.86. The van der Waals surface area contributed by atoms with Crippen LogP contribution in [-0.2, 0) is 9.57 Å². The van der Waals surface area contributed by atoms with Crippen LogP contribution in [-0.4, -0.2) is 24.9 Å². The molecule has 62 valence electrons. The predicted molar refractivity (Wildman–Crippen MR) is 38.6 cm³/mol. The van der Waals surface area contributed by atoms with Crippen LogP contribution in [0.2, 0.25) is 0 Å². The molecule has 2 heterocycles. The molecule has 11 heavy (non-hydrogen) atoms. The Balaban J connectivity index is 2.06. The van der Waals surface area contributed by atoms with Gasteiger partial charge in [0.25, 0.3) is 0 Å². The largest absolute Gasteiger partial charge is 0.368 e. The van der Waals surface area contributed by atoms with Gasteiger partial charge in [-0.05, 0) is 6.42 Å². The molecule has 0 radical (unpaired) electrons. The van der Waals surface area contributed by atoms with Crippen LogP contribution in [0, 0.1) is 0 Å². The van der Waals surface area contributed by atoms with Gasteiger partial charge < -0.3 is 10.5 Å². The second kappa shape index (κ2) is 2.35. The molecule has 5 heteroatoms. The van der Waals surface area contributed by atoms with E-state index >= 15 is 0 Å². The van der Waals surface area contributed by atoms with E-state index in [2.05, 4.69) is 10.5 Å². The number of hydrogen-bond acceptors (Lipinski definition) is 5. The van der Waals surface area contributed by atoms with Crippen molar-refractivity contribution < 1.29 is 9.57 Å². The topological polar surface area (TPSA) is 68.9 Å². The first kappa shape index (κ1) is 6.87. The number of aliphatic imine (C=N–C) groups is 1. The summed E-state index contributed by atoms with van der Waals surface area (Å²) in [6.45, 7) is 1.25. The molecular weight excluding hydrogens is 146 g/mol. The number of nitrogens with zero attached hydrogens (tertiary/aromatic N) is 1. The lowest BCUT2D eigenvalue weighted by Gasteiger charge is -2.29. The summed E-state index contributed by atoms with van der Waals surface area (Å²) in [6.07, 6.45) is 1.91. The molecule has 0 saturated carbocycles. The summed E-state index contributed by atoms with van der Waals surface area (Å²) in [4.78, 5) is 9.21. The van der Waals surface area contributed by atoms with Gasteiger partial charge in [0.1, 0.15) is 0 Å². The SMILES string of the molecule is NC1=NCC2(CCCO2)ON1. The number of guanidine groups is 1. The maximum atomic E-state index is 5.38. The Morgan fingerprint density at radius 1 is 1.64 bits per heavy atom. The lowest BCUT2D eigenvalue weighted by Crippen LogP contribution is -2.49. The number of hydrogen-bond donors (Lipinski definition) is 2. The number of rotatable bonds is 0. The van der Waals surface area contributed by atoms with Crippen LogP contribution in [0.5, 0.6) is 0 Å². The van der Waals surface area contributed by atoms with E-state index in [-0.39, 0.29) is 0 Å². The van der Waals surface area contributed by atoms with E-state index in [1.54, 1.807) is 0 Å². The molecule has 1 spiro atoms. The molecule has 0 aromatic heterocycles. The average Bonchev–Trinajstić information content (AvgIpc) is 2.45. The average molecular weight is 157 g/mol. The van der Waals surface area contributed by atoms with Gasteiger partial charge in [0.2, 0.25) is 11.7 Å². The summed E-state index contributed by atoms with van der Waals surface area (Å²) < 4.78 is 5.38. The minimum absolute atomic E-state index is 0.325. The predicted octanol–water partition coefficient (Wildman–Crippen LogP) is -0.657. The first-order chi connectivity index (χ1) is 5.31. The number of nitrogens with two attached hydrogens (primary N) is 1. The highest BCUT2D eigenvalue weighted by Crippen LogP contribution is 2.27. The van der Waals surface area contributed by atoms with Gasteiger partial charge in [-0.15, -0.1) is 0 Å². The van der Waals surface area contributed by atoms with Crippen LogP contribution in [0.25, 0.3) is 0 Å². The Morgan fingerprint density at radius 3 is 3.09 bits per heavy atom. The summed E-state index contributed by atoms with van der Waals surface area (Å²) in [6, 6.07) is 0. The third kappa shape index (κ3) is 1.17. The number of hydroxylamine groups is 1. The van der Waals surface area contributed by atoms with Crippen molar-refractivity contribution in [2.45, 2.75) is 18.6 Å². The van der Waals surface area contributed by atoms with Crippen LogP contribution < -0.4 is 11.2 Å². The van der Waals surface area contributed by atoms with Gasteiger partial charge in [-0.1, -0.05) is 0 Å². The normalized spacial score (nSPS) is 36.9. The molecule has 2 rings (SSSR count). The Morgan fingerprint density at radius 2 is 2.55 bits per heavy atom. The molecule has 2 aliphatic heterocycles. The summed E-state index contributed by atoms with van der Waals surface area (Å²) in [5.74, 6) is -0.200. The minimum Gasteiger partial charge on any atom is -0.368 e. The van der Waals surface area contributed by atoms with E-state index in [1.807, 2.05) is 0 Å². The van der Waals surface area contributed by atoms with Crippen LogP contribution in [0.3, 0.4) is 0 Å². The van der Waals surface area contributed by atoms with E-state index in [1.165, 1.54) is 0 Å². The highest BCUT2D eigenvalue weighted by Gasteiger charge is 2.39. The molecule has 0 amide bonds. The third-order valence-corrected chi connectivity index (χ3v) is 1.90. The molecule has 0 bridgehead atoms. The van der Waals surface area contributed by atoms with Gasteiger partial charge in [0.15, 0.2) is 0 Å². The summed E-state index contributed by atoms with van der Waals surface area (Å²) in [7, 11) is 0. The standard InChI is InChI=1S/C6H11N3O2/c7-5-8-4-6(11-9-5)2-1-3-10-6/h1-4H2,(H3,7,8,9). The van der Waals surface area contributed by atoms with Crippen molar-refractivity contribution in [3.63, 3.8) is 0 Å². The zero-order chi connectivity index (χ0) is 7.73. The Labute approximate surface area is 64.5 Å². The van der Waals surface area contributed by atoms with E-state index in [0.29, 0.717) is 12.5 Å². The van der Waals surface area contributed by atoms with Crippen LogP contribution in [0.15, 0.2) is 4.99 Å². The maximum Gasteiger partial charge on any atom is 0.213 e. The van der Waals surface area contributed by atoms with Crippen molar-refractivity contribution >= 4 is 5.96 Å². The van der Waals surface area contributed by atoms with Gasteiger partial charge >= 0.3 is 0 Å². The fourth-order valence-electron chi connectivity index (χ4n) is 1.29. The minimum atomic E-state index is -0.525. The molecule has 1 unspecified atom stereocenters. The lowest BCUT2D eigenvalue weighted by atomic mass is 10.2. The lowest BCUT2D eigenvalue weighted by molar-refractivity contribution is -0.229. The van der Waals surface area contributed by atoms with Crippen LogP contribution in [0.4, 0.5) is 0 Å². The van der Waals surface area contributed by atoms with Crippen molar-refractivity contribution in [1.29, 1.82) is 0 Å². The van der Waals surface area contributed by atoms with Gasteiger partial charge in [-0.2, -0.15) is 0 Å². The van der Waals surface area contributed by atoms with E-state index < -0.39 is 5.79 Å². The Kier molecular flexibility index (Phi) is 1.47. The fourth-order valence-corrected chi connectivity index (χ4v) is 1.29. The van der Waals surface area contributed by atoms with Crippen molar-refractivity contribution in [3.05, 3.63) is 0 Å². The van der Waals surface area contributed by atoms with Crippen molar-refractivity contribution in [1.82, 2.24) is 5.48 Å². The number of nitrogens with one attached hydrogen (secondary N) is 1. The van der Waals surface area contributed by atoms with Gasteiger partial charge in [0.05, 0.1) is 13.2 Å². The van der Waals surface area contributed by atoms with Crippen LogP contribution in [0.1, 0.15) is 12.8 Å². The zero-order valence-corrected chi connectivity index (χ0v) is 6.17. The van der Waals surface area contributed by atoms with Gasteiger partial charge in [-0.3, -0.25) is 0 Å². The van der Waals surface area contributed by atoms with Crippen LogP contribution >= 0.6 is 0 Å². The second-order valence-corrected chi connectivity index (χ2v) is 2.77. The van der Waals surface area contributed by atoms with E-state index in [0.717, 1.165) is 19.4 Å². The third-order valence-electron chi connectivity index (χ3n) is 1.90. The molecule has 1 saturated heterocycles. The first-order valence-corrected chi connectivity index (χ1v) is 3.69. The molecule has 1 atom stereocenters. The molecular formula is C6H11N3O2. The van der Waals surface area contributed by atoms with Gasteiger partial charge in [0, 0.05) is 6.42 Å². The Hall–Kier alpha value is -0.810. The monoisotopic (exact) mass is 157 g/mol. The molecule has 0 aromatic carbocycles. The molecule has 5 nitrogen and oxygen atoms in total. The second-order valence-electron chi connectivity index (χ2n) is 2.77. The summed E-state index contributed by atoms with van der Waals surface area (Å²) in [5, 5.41) is 0. The van der Waals surface area contributed by atoms with E-state index in [9.17, 15) is 0 Å². The smallest absolute Gasteiger partial charge is 0.213 e. The molecule has 0 aliphatic carbocycles. The molecule has 0 aromatic rings.